The fraction of sp³-hybridized carbons (Fsp3) is 0.143. The Hall–Kier alpha value is -1.88. The van der Waals surface area contributed by atoms with Crippen molar-refractivity contribution in [1.82, 2.24) is 0 Å². The van der Waals surface area contributed by atoms with Crippen LogP contribution in [0.2, 0.25) is 0 Å². The molecule has 0 saturated heterocycles. The summed E-state index contributed by atoms with van der Waals surface area (Å²) in [6, 6.07) is 10.4. The van der Waals surface area contributed by atoms with E-state index in [2.05, 4.69) is 20.7 Å². The summed E-state index contributed by atoms with van der Waals surface area (Å²) < 4.78 is 10.6. The first-order valence-electron chi connectivity index (χ1n) is 5.56. The van der Waals surface area contributed by atoms with Crippen LogP contribution in [0.25, 0.3) is 0 Å². The summed E-state index contributed by atoms with van der Waals surface area (Å²) in [7, 11) is 1.26. The van der Waals surface area contributed by atoms with E-state index < -0.39 is 5.97 Å². The number of carbonyl (C=O) groups excluding carboxylic acids is 2. The van der Waals surface area contributed by atoms with Crippen molar-refractivity contribution in [2.75, 3.05) is 7.11 Å². The van der Waals surface area contributed by atoms with Crippen molar-refractivity contribution in [3.63, 3.8) is 0 Å². The molecule has 98 valence electrons. The molecule has 0 aliphatic heterocycles. The average Bonchev–Trinajstić information content (AvgIpc) is 2.87. The van der Waals surface area contributed by atoms with E-state index >= 15 is 0 Å². The van der Waals surface area contributed by atoms with E-state index in [-0.39, 0.29) is 23.7 Å². The molecule has 0 saturated carbocycles. The molecular weight excluding hydrogens is 312 g/mol. The molecule has 0 aliphatic rings. The number of hydrogen-bond acceptors (Lipinski definition) is 4. The van der Waals surface area contributed by atoms with Crippen LogP contribution in [0.1, 0.15) is 26.7 Å². The van der Waals surface area contributed by atoms with E-state index in [1.807, 2.05) is 24.3 Å². The first-order chi connectivity index (χ1) is 9.10. The monoisotopic (exact) mass is 322 g/mol. The van der Waals surface area contributed by atoms with Crippen molar-refractivity contribution in [2.45, 2.75) is 6.42 Å². The molecule has 1 aromatic carbocycles. The van der Waals surface area contributed by atoms with E-state index in [9.17, 15) is 9.59 Å². The second-order valence-corrected chi connectivity index (χ2v) is 4.80. The van der Waals surface area contributed by atoms with Crippen molar-refractivity contribution in [1.29, 1.82) is 0 Å². The van der Waals surface area contributed by atoms with E-state index in [0.717, 1.165) is 10.0 Å². The van der Waals surface area contributed by atoms with E-state index in [1.165, 1.54) is 19.2 Å². The largest absolute Gasteiger partial charge is 0.463 e. The minimum Gasteiger partial charge on any atom is -0.463 e. The van der Waals surface area contributed by atoms with Gasteiger partial charge in [0, 0.05) is 10.9 Å². The predicted octanol–water partition coefficient (Wildman–Crippen LogP) is 3.25. The normalized spacial score (nSPS) is 10.2. The lowest BCUT2D eigenvalue weighted by Crippen LogP contribution is -2.03. The Balaban J connectivity index is 2.12. The van der Waals surface area contributed by atoms with Gasteiger partial charge in [-0.3, -0.25) is 4.79 Å². The zero-order chi connectivity index (χ0) is 13.8. The smallest absolute Gasteiger partial charge is 0.373 e. The Morgan fingerprint density at radius 1 is 1.21 bits per heavy atom. The summed E-state index contributed by atoms with van der Waals surface area (Å²) in [6.45, 7) is 0. The maximum Gasteiger partial charge on any atom is 0.373 e. The number of ketones is 1. The van der Waals surface area contributed by atoms with Gasteiger partial charge in [-0.05, 0) is 29.8 Å². The van der Waals surface area contributed by atoms with Crippen LogP contribution < -0.4 is 0 Å². The first-order valence-corrected chi connectivity index (χ1v) is 6.35. The number of Topliss-reactive ketones (excluding diaryl/α,β-unsaturated/α-hetero) is 1. The highest BCUT2D eigenvalue weighted by Crippen LogP contribution is 2.15. The summed E-state index contributed by atoms with van der Waals surface area (Å²) in [5, 5.41) is 0. The molecule has 0 amide bonds. The number of hydrogen-bond donors (Lipinski definition) is 0. The minimum atomic E-state index is -0.596. The highest BCUT2D eigenvalue weighted by Gasteiger charge is 2.16. The van der Waals surface area contributed by atoms with E-state index in [1.54, 1.807) is 0 Å². The number of carbonyl (C=O) groups is 2. The van der Waals surface area contributed by atoms with Crippen LogP contribution in [0.5, 0.6) is 0 Å². The van der Waals surface area contributed by atoms with E-state index in [4.69, 9.17) is 4.42 Å². The standard InChI is InChI=1S/C14H11BrO4/c1-18-14(17)13-6-5-12(19-13)11(16)8-9-3-2-4-10(15)7-9/h2-7H,8H2,1H3. The average molecular weight is 323 g/mol. The fourth-order valence-electron chi connectivity index (χ4n) is 1.62. The van der Waals surface area contributed by atoms with Crippen LogP contribution in [-0.2, 0) is 11.2 Å². The van der Waals surface area contributed by atoms with Gasteiger partial charge in [-0.25, -0.2) is 4.79 Å². The molecule has 1 heterocycles. The maximum atomic E-state index is 12.0. The third kappa shape index (κ3) is 3.32. The lowest BCUT2D eigenvalue weighted by atomic mass is 10.1. The Morgan fingerprint density at radius 2 is 1.95 bits per heavy atom. The van der Waals surface area contributed by atoms with Gasteiger partial charge >= 0.3 is 5.97 Å². The van der Waals surface area contributed by atoms with Crippen molar-refractivity contribution in [3.05, 3.63) is 58.0 Å². The summed E-state index contributed by atoms with van der Waals surface area (Å²) in [4.78, 5) is 23.2. The van der Waals surface area contributed by atoms with Crippen LogP contribution >= 0.6 is 15.9 Å². The molecule has 2 aromatic rings. The molecule has 0 radical (unpaired) electrons. The number of benzene rings is 1. The molecule has 0 N–H and O–H groups in total. The third-order valence-electron chi connectivity index (χ3n) is 2.52. The van der Waals surface area contributed by atoms with Gasteiger partial charge in [-0.2, -0.15) is 0 Å². The van der Waals surface area contributed by atoms with Crippen LogP contribution in [0.15, 0.2) is 45.3 Å². The van der Waals surface area contributed by atoms with Gasteiger partial charge in [0.15, 0.2) is 5.76 Å². The number of halogens is 1. The fourth-order valence-corrected chi connectivity index (χ4v) is 2.06. The molecule has 19 heavy (non-hydrogen) atoms. The van der Waals surface area contributed by atoms with Crippen LogP contribution in [0.3, 0.4) is 0 Å². The Kier molecular flexibility index (Phi) is 4.16. The Bertz CT molecular complexity index is 615. The summed E-state index contributed by atoms with van der Waals surface area (Å²) in [5.41, 5.74) is 0.871. The van der Waals surface area contributed by atoms with Gasteiger partial charge in [-0.15, -0.1) is 0 Å². The molecule has 0 fully saturated rings. The number of esters is 1. The molecule has 5 heteroatoms. The molecule has 0 atom stereocenters. The molecule has 0 unspecified atom stereocenters. The van der Waals surface area contributed by atoms with Crippen molar-refractivity contribution < 1.29 is 18.7 Å². The van der Waals surface area contributed by atoms with Gasteiger partial charge in [0.2, 0.25) is 11.5 Å². The predicted molar refractivity (Wildman–Crippen MR) is 72.2 cm³/mol. The van der Waals surface area contributed by atoms with Crippen LogP contribution in [0, 0.1) is 0 Å². The SMILES string of the molecule is COC(=O)c1ccc(C(=O)Cc2cccc(Br)c2)o1. The van der Waals surface area contributed by atoms with Crippen LogP contribution in [-0.4, -0.2) is 18.9 Å². The maximum absolute atomic E-state index is 12.0. The Morgan fingerprint density at radius 3 is 2.63 bits per heavy atom. The lowest BCUT2D eigenvalue weighted by molar-refractivity contribution is 0.0563. The van der Waals surface area contributed by atoms with Gasteiger partial charge in [0.25, 0.3) is 0 Å². The van der Waals surface area contributed by atoms with Crippen LogP contribution in [0.4, 0.5) is 0 Å². The van der Waals surface area contributed by atoms with Crippen molar-refractivity contribution in [2.24, 2.45) is 0 Å². The molecule has 0 aliphatic carbocycles. The number of methoxy groups -OCH3 is 1. The van der Waals surface area contributed by atoms with E-state index in [0.29, 0.717) is 0 Å². The number of ether oxygens (including phenoxy) is 1. The zero-order valence-corrected chi connectivity index (χ0v) is 11.8. The summed E-state index contributed by atoms with van der Waals surface area (Å²) in [6.07, 6.45) is 0.216. The lowest BCUT2D eigenvalue weighted by Gasteiger charge is -1.99. The quantitative estimate of drug-likeness (QED) is 0.640. The third-order valence-corrected chi connectivity index (χ3v) is 3.01. The topological polar surface area (TPSA) is 56.5 Å². The van der Waals surface area contributed by atoms with Gasteiger partial charge in [0.1, 0.15) is 0 Å². The van der Waals surface area contributed by atoms with Gasteiger partial charge in [0.05, 0.1) is 7.11 Å². The molecule has 4 nitrogen and oxygen atoms in total. The second kappa shape index (κ2) is 5.84. The van der Waals surface area contributed by atoms with Crippen molar-refractivity contribution >= 4 is 27.7 Å². The zero-order valence-electron chi connectivity index (χ0n) is 10.2. The number of rotatable bonds is 4. The highest BCUT2D eigenvalue weighted by atomic mass is 79.9. The number of furan rings is 1. The molecule has 2 rings (SSSR count). The Labute approximate surface area is 118 Å². The molecule has 0 bridgehead atoms. The highest BCUT2D eigenvalue weighted by molar-refractivity contribution is 9.10. The summed E-state index contributed by atoms with van der Waals surface area (Å²) in [5.74, 6) is -0.602. The molecule has 0 spiro atoms. The first kappa shape index (κ1) is 13.5. The van der Waals surface area contributed by atoms with Gasteiger partial charge < -0.3 is 9.15 Å². The summed E-state index contributed by atoms with van der Waals surface area (Å²) >= 11 is 3.34. The minimum absolute atomic E-state index is 0.0279. The second-order valence-electron chi connectivity index (χ2n) is 3.89. The molecule has 1 aromatic heterocycles. The molecular formula is C14H11BrO4. The van der Waals surface area contributed by atoms with Crippen molar-refractivity contribution in [3.8, 4) is 0 Å². The van der Waals surface area contributed by atoms with Gasteiger partial charge in [-0.1, -0.05) is 28.1 Å².